The highest BCUT2D eigenvalue weighted by molar-refractivity contribution is 4.85. The molecule has 4 heteroatoms. The lowest BCUT2D eigenvalue weighted by atomic mass is 10.3. The van der Waals surface area contributed by atoms with Gasteiger partial charge in [0.1, 0.15) is 0 Å². The van der Waals surface area contributed by atoms with Crippen LogP contribution in [-0.2, 0) is 0 Å². The smallest absolute Gasteiger partial charge is 0.258 e. The van der Waals surface area contributed by atoms with Crippen molar-refractivity contribution in [2.45, 2.75) is 12.5 Å². The van der Waals surface area contributed by atoms with Gasteiger partial charge in [0, 0.05) is 0 Å². The molecular formula is C4H8F2N2. The van der Waals surface area contributed by atoms with E-state index < -0.39 is 12.5 Å². The summed E-state index contributed by atoms with van der Waals surface area (Å²) in [6, 6.07) is -1.09. The molecule has 0 bridgehead atoms. The molecular weight excluding hydrogens is 114 g/mol. The van der Waals surface area contributed by atoms with Gasteiger partial charge in [0.05, 0.1) is 6.04 Å². The molecule has 0 saturated carbocycles. The topological polar surface area (TPSA) is 38.0 Å². The summed E-state index contributed by atoms with van der Waals surface area (Å²) in [5.74, 6) is 4.68. The van der Waals surface area contributed by atoms with E-state index in [1.165, 1.54) is 0 Å². The Bertz CT molecular complexity index is 74.4. The molecule has 0 heterocycles. The van der Waals surface area contributed by atoms with E-state index in [1.54, 1.807) is 0 Å². The molecule has 1 unspecified atom stereocenters. The maximum Gasteiger partial charge on any atom is 0.258 e. The van der Waals surface area contributed by atoms with Gasteiger partial charge in [-0.3, -0.25) is 5.84 Å². The normalized spacial score (nSPS) is 14.0. The predicted molar refractivity (Wildman–Crippen MR) is 27.3 cm³/mol. The molecule has 0 aliphatic rings. The molecule has 48 valence electrons. The third-order valence-corrected chi connectivity index (χ3v) is 0.718. The molecule has 0 radical (unpaired) electrons. The van der Waals surface area contributed by atoms with Crippen LogP contribution >= 0.6 is 0 Å². The second kappa shape index (κ2) is 3.51. The van der Waals surface area contributed by atoms with Crippen LogP contribution in [0.5, 0.6) is 0 Å². The van der Waals surface area contributed by atoms with Crippen LogP contribution in [0.4, 0.5) is 8.78 Å². The van der Waals surface area contributed by atoms with E-state index in [9.17, 15) is 8.78 Å². The van der Waals surface area contributed by atoms with Crippen LogP contribution in [0.1, 0.15) is 0 Å². The molecule has 0 saturated heterocycles. The van der Waals surface area contributed by atoms with Gasteiger partial charge in [0.2, 0.25) is 0 Å². The van der Waals surface area contributed by atoms with Crippen LogP contribution in [0.3, 0.4) is 0 Å². The fourth-order valence-corrected chi connectivity index (χ4v) is 0.244. The van der Waals surface area contributed by atoms with Gasteiger partial charge in [-0.15, -0.1) is 6.58 Å². The van der Waals surface area contributed by atoms with Gasteiger partial charge in [-0.1, -0.05) is 6.08 Å². The highest BCUT2D eigenvalue weighted by Crippen LogP contribution is 1.98. The third-order valence-electron chi connectivity index (χ3n) is 0.718. The first-order valence-corrected chi connectivity index (χ1v) is 2.09. The SMILES string of the molecule is C=CC(NN)C(F)F. The average molecular weight is 122 g/mol. The lowest BCUT2D eigenvalue weighted by molar-refractivity contribution is 0.118. The molecule has 0 rings (SSSR count). The Labute approximate surface area is 46.3 Å². The molecule has 1 atom stereocenters. The zero-order valence-electron chi connectivity index (χ0n) is 4.27. The van der Waals surface area contributed by atoms with Gasteiger partial charge in [0.15, 0.2) is 0 Å². The van der Waals surface area contributed by atoms with Crippen LogP contribution in [0.25, 0.3) is 0 Å². The third kappa shape index (κ3) is 1.99. The van der Waals surface area contributed by atoms with Gasteiger partial charge in [0.25, 0.3) is 6.43 Å². The molecule has 8 heavy (non-hydrogen) atoms. The summed E-state index contributed by atoms with van der Waals surface area (Å²) in [5.41, 5.74) is 1.88. The lowest BCUT2D eigenvalue weighted by Crippen LogP contribution is -2.38. The number of alkyl halides is 2. The first-order chi connectivity index (χ1) is 3.72. The molecule has 0 aliphatic carbocycles. The summed E-state index contributed by atoms with van der Waals surface area (Å²) in [6.45, 7) is 3.13. The van der Waals surface area contributed by atoms with Crippen molar-refractivity contribution in [3.05, 3.63) is 12.7 Å². The monoisotopic (exact) mass is 122 g/mol. The molecule has 0 fully saturated rings. The second-order valence-electron chi connectivity index (χ2n) is 1.26. The van der Waals surface area contributed by atoms with Crippen molar-refractivity contribution in [1.82, 2.24) is 5.43 Å². The molecule has 0 aromatic heterocycles. The minimum absolute atomic E-state index is 1.06. The Morgan fingerprint density at radius 3 is 2.12 bits per heavy atom. The van der Waals surface area contributed by atoms with Crippen molar-refractivity contribution >= 4 is 0 Å². The summed E-state index contributed by atoms with van der Waals surface area (Å²) >= 11 is 0. The van der Waals surface area contributed by atoms with Crippen LogP contribution in [0.2, 0.25) is 0 Å². The summed E-state index contributed by atoms with van der Waals surface area (Å²) < 4.78 is 23.0. The largest absolute Gasteiger partial charge is 0.271 e. The van der Waals surface area contributed by atoms with E-state index in [4.69, 9.17) is 0 Å². The molecule has 0 spiro atoms. The van der Waals surface area contributed by atoms with Gasteiger partial charge in [-0.05, 0) is 0 Å². The van der Waals surface area contributed by atoms with Crippen LogP contribution < -0.4 is 11.3 Å². The number of hydrogen-bond acceptors (Lipinski definition) is 2. The van der Waals surface area contributed by atoms with Crippen LogP contribution in [-0.4, -0.2) is 12.5 Å². The lowest BCUT2D eigenvalue weighted by Gasteiger charge is -2.07. The fourth-order valence-electron chi connectivity index (χ4n) is 0.244. The van der Waals surface area contributed by atoms with E-state index in [1.807, 2.05) is 5.43 Å². The number of rotatable bonds is 3. The van der Waals surface area contributed by atoms with Crippen molar-refractivity contribution in [1.29, 1.82) is 0 Å². The summed E-state index contributed by atoms with van der Waals surface area (Å²) in [4.78, 5) is 0. The van der Waals surface area contributed by atoms with E-state index in [0.29, 0.717) is 0 Å². The van der Waals surface area contributed by atoms with E-state index in [2.05, 4.69) is 12.4 Å². The number of nitrogens with two attached hydrogens (primary N) is 1. The van der Waals surface area contributed by atoms with E-state index >= 15 is 0 Å². The number of halogens is 2. The number of nitrogens with one attached hydrogen (secondary N) is 1. The van der Waals surface area contributed by atoms with Crippen molar-refractivity contribution in [3.8, 4) is 0 Å². The minimum Gasteiger partial charge on any atom is -0.271 e. The van der Waals surface area contributed by atoms with Crippen molar-refractivity contribution in [2.75, 3.05) is 0 Å². The molecule has 0 aromatic carbocycles. The number of hydrazine groups is 1. The van der Waals surface area contributed by atoms with Gasteiger partial charge in [-0.25, -0.2) is 14.2 Å². The molecule has 3 N–H and O–H groups in total. The van der Waals surface area contributed by atoms with E-state index in [0.717, 1.165) is 6.08 Å². The average Bonchev–Trinajstić information content (AvgIpc) is 1.69. The van der Waals surface area contributed by atoms with Crippen molar-refractivity contribution < 1.29 is 8.78 Å². The Kier molecular flexibility index (Phi) is 3.30. The Morgan fingerprint density at radius 1 is 1.62 bits per heavy atom. The molecule has 2 nitrogen and oxygen atoms in total. The highest BCUT2D eigenvalue weighted by Gasteiger charge is 2.12. The fraction of sp³-hybridized carbons (Fsp3) is 0.500. The Morgan fingerprint density at radius 2 is 2.12 bits per heavy atom. The molecule has 0 aromatic rings. The zero-order chi connectivity index (χ0) is 6.57. The first kappa shape index (κ1) is 7.52. The first-order valence-electron chi connectivity index (χ1n) is 2.09. The number of hydrogen-bond donors (Lipinski definition) is 2. The van der Waals surface area contributed by atoms with E-state index in [-0.39, 0.29) is 0 Å². The van der Waals surface area contributed by atoms with Gasteiger partial charge < -0.3 is 0 Å². The quantitative estimate of drug-likeness (QED) is 0.320. The summed E-state index contributed by atoms with van der Waals surface area (Å²) in [5, 5.41) is 0. The standard InChI is InChI=1S/C4H8F2N2/c1-2-3(8-7)4(5)6/h2-4,8H,1,7H2. The predicted octanol–water partition coefficient (Wildman–Crippen LogP) is 0.269. The van der Waals surface area contributed by atoms with Gasteiger partial charge in [-0.2, -0.15) is 0 Å². The minimum atomic E-state index is -2.47. The van der Waals surface area contributed by atoms with Crippen molar-refractivity contribution in [2.24, 2.45) is 5.84 Å². The Balaban J connectivity index is 3.51. The highest BCUT2D eigenvalue weighted by atomic mass is 19.3. The molecule has 0 aliphatic heterocycles. The van der Waals surface area contributed by atoms with Gasteiger partial charge >= 0.3 is 0 Å². The second-order valence-corrected chi connectivity index (χ2v) is 1.26. The van der Waals surface area contributed by atoms with Crippen LogP contribution in [0, 0.1) is 0 Å². The van der Waals surface area contributed by atoms with Crippen molar-refractivity contribution in [3.63, 3.8) is 0 Å². The zero-order valence-corrected chi connectivity index (χ0v) is 4.27. The summed E-state index contributed by atoms with van der Waals surface area (Å²) in [6.07, 6.45) is -1.41. The summed E-state index contributed by atoms with van der Waals surface area (Å²) in [7, 11) is 0. The van der Waals surface area contributed by atoms with Crippen LogP contribution in [0.15, 0.2) is 12.7 Å². The Hall–Kier alpha value is -0.480. The maximum atomic E-state index is 11.5. The maximum absolute atomic E-state index is 11.5. The molecule has 0 amide bonds.